The Hall–Kier alpha value is -2.53. The third-order valence-electron chi connectivity index (χ3n) is 3.05. The smallest absolute Gasteiger partial charge is 0.259 e. The highest BCUT2D eigenvalue weighted by Gasteiger charge is 2.16. The maximum Gasteiger partial charge on any atom is 0.259 e. The Morgan fingerprint density at radius 3 is 2.62 bits per heavy atom. The summed E-state index contributed by atoms with van der Waals surface area (Å²) in [5.74, 6) is -0.257. The van der Waals surface area contributed by atoms with Crippen molar-refractivity contribution in [2.45, 2.75) is 0 Å². The molecule has 0 spiro atoms. The van der Waals surface area contributed by atoms with Crippen LogP contribution in [0.4, 0.5) is 5.69 Å². The molecule has 2 rings (SSSR count). The van der Waals surface area contributed by atoms with E-state index in [1.807, 2.05) is 0 Å². The van der Waals surface area contributed by atoms with Crippen LogP contribution in [0.3, 0.4) is 0 Å². The highest BCUT2D eigenvalue weighted by molar-refractivity contribution is 6.34. The predicted octanol–water partition coefficient (Wildman–Crippen LogP) is 2.71. The average molecular weight is 304 g/mol. The fraction of sp³-hybridized carbons (Fsp3) is 0.0667. The van der Waals surface area contributed by atoms with Gasteiger partial charge in [-0.3, -0.25) is 4.79 Å². The molecular weight excluding hydrogens is 290 g/mol. The van der Waals surface area contributed by atoms with Gasteiger partial charge in [-0.05, 0) is 24.3 Å². The van der Waals surface area contributed by atoms with E-state index in [0.717, 1.165) is 0 Å². The number of benzene rings is 2. The first-order valence-corrected chi connectivity index (χ1v) is 6.53. The Morgan fingerprint density at radius 2 is 1.95 bits per heavy atom. The molecule has 2 aromatic carbocycles. The standard InChI is InChI=1S/C15H14ClN3O2/c1-19(15(20)12-7-2-3-8-13(12)16)11-6-4-5-10(9-11)14(17)18-21/h2-9,21H,1H3,(H2,17,18). The zero-order valence-electron chi connectivity index (χ0n) is 11.3. The van der Waals surface area contributed by atoms with Gasteiger partial charge in [-0.25, -0.2) is 0 Å². The van der Waals surface area contributed by atoms with Gasteiger partial charge in [0.1, 0.15) is 0 Å². The van der Waals surface area contributed by atoms with Crippen LogP contribution < -0.4 is 10.6 Å². The van der Waals surface area contributed by atoms with E-state index in [-0.39, 0.29) is 11.7 Å². The van der Waals surface area contributed by atoms with Gasteiger partial charge in [0.25, 0.3) is 5.91 Å². The molecule has 21 heavy (non-hydrogen) atoms. The first-order chi connectivity index (χ1) is 10.0. The maximum atomic E-state index is 12.4. The zero-order chi connectivity index (χ0) is 15.4. The van der Waals surface area contributed by atoms with Crippen molar-refractivity contribution < 1.29 is 10.0 Å². The molecule has 2 aromatic rings. The van der Waals surface area contributed by atoms with Gasteiger partial charge in [0.05, 0.1) is 10.6 Å². The van der Waals surface area contributed by atoms with Crippen molar-refractivity contribution in [1.82, 2.24) is 0 Å². The van der Waals surface area contributed by atoms with Crippen molar-refractivity contribution in [2.24, 2.45) is 10.9 Å². The number of rotatable bonds is 3. The minimum atomic E-state index is -0.239. The number of amides is 1. The van der Waals surface area contributed by atoms with Gasteiger partial charge in [0.2, 0.25) is 0 Å². The second-order valence-corrected chi connectivity index (χ2v) is 4.79. The maximum absolute atomic E-state index is 12.4. The molecule has 0 atom stereocenters. The van der Waals surface area contributed by atoms with E-state index in [4.69, 9.17) is 22.5 Å². The molecule has 0 radical (unpaired) electrons. The van der Waals surface area contributed by atoms with Gasteiger partial charge < -0.3 is 15.8 Å². The summed E-state index contributed by atoms with van der Waals surface area (Å²) < 4.78 is 0. The van der Waals surface area contributed by atoms with Crippen molar-refractivity contribution in [3.8, 4) is 0 Å². The minimum Gasteiger partial charge on any atom is -0.409 e. The summed E-state index contributed by atoms with van der Waals surface area (Å²) in [6.45, 7) is 0. The molecule has 108 valence electrons. The number of hydrogen-bond donors (Lipinski definition) is 2. The lowest BCUT2D eigenvalue weighted by molar-refractivity contribution is 0.0993. The first-order valence-electron chi connectivity index (χ1n) is 6.15. The quantitative estimate of drug-likeness (QED) is 0.396. The molecule has 0 unspecified atom stereocenters. The summed E-state index contributed by atoms with van der Waals surface area (Å²) in [5.41, 5.74) is 7.10. The van der Waals surface area contributed by atoms with Crippen LogP contribution in [0.2, 0.25) is 5.02 Å². The number of carbonyl (C=O) groups is 1. The summed E-state index contributed by atoms with van der Waals surface area (Å²) in [7, 11) is 1.64. The van der Waals surface area contributed by atoms with Crippen LogP contribution in [0.5, 0.6) is 0 Å². The molecule has 0 fully saturated rings. The van der Waals surface area contributed by atoms with Crippen LogP contribution in [-0.4, -0.2) is 24.0 Å². The highest BCUT2D eigenvalue weighted by Crippen LogP contribution is 2.21. The summed E-state index contributed by atoms with van der Waals surface area (Å²) in [4.78, 5) is 13.9. The number of carbonyl (C=O) groups excluding carboxylic acids is 1. The number of hydrogen-bond acceptors (Lipinski definition) is 3. The number of nitrogens with two attached hydrogens (primary N) is 1. The van der Waals surface area contributed by atoms with Crippen LogP contribution in [0.25, 0.3) is 0 Å². The van der Waals surface area contributed by atoms with Crippen LogP contribution in [0.1, 0.15) is 15.9 Å². The molecule has 0 aromatic heterocycles. The van der Waals surface area contributed by atoms with Gasteiger partial charge >= 0.3 is 0 Å². The molecule has 0 aliphatic rings. The van der Waals surface area contributed by atoms with Crippen LogP contribution in [0.15, 0.2) is 53.7 Å². The van der Waals surface area contributed by atoms with Crippen LogP contribution >= 0.6 is 11.6 Å². The van der Waals surface area contributed by atoms with E-state index >= 15 is 0 Å². The summed E-state index contributed by atoms with van der Waals surface area (Å²) in [5, 5.41) is 12.0. The van der Waals surface area contributed by atoms with E-state index in [0.29, 0.717) is 21.8 Å². The molecule has 0 saturated carbocycles. The molecule has 0 saturated heterocycles. The van der Waals surface area contributed by atoms with Crippen molar-refractivity contribution in [2.75, 3.05) is 11.9 Å². The van der Waals surface area contributed by atoms with Gasteiger partial charge in [0, 0.05) is 18.3 Å². The van der Waals surface area contributed by atoms with E-state index in [2.05, 4.69) is 5.16 Å². The molecule has 0 bridgehead atoms. The minimum absolute atomic E-state index is 0.0181. The summed E-state index contributed by atoms with van der Waals surface area (Å²) >= 11 is 6.04. The zero-order valence-corrected chi connectivity index (χ0v) is 12.1. The molecule has 1 amide bonds. The Kier molecular flexibility index (Phi) is 4.45. The molecule has 0 aliphatic heterocycles. The van der Waals surface area contributed by atoms with E-state index in [1.165, 1.54) is 4.90 Å². The van der Waals surface area contributed by atoms with Crippen molar-refractivity contribution in [3.63, 3.8) is 0 Å². The third-order valence-corrected chi connectivity index (χ3v) is 3.38. The molecule has 0 aliphatic carbocycles. The van der Waals surface area contributed by atoms with Gasteiger partial charge in [-0.15, -0.1) is 0 Å². The number of anilines is 1. The average Bonchev–Trinajstić information content (AvgIpc) is 2.53. The van der Waals surface area contributed by atoms with Crippen molar-refractivity contribution >= 4 is 29.0 Å². The van der Waals surface area contributed by atoms with Gasteiger partial charge in [-0.2, -0.15) is 0 Å². The Bertz CT molecular complexity index is 701. The van der Waals surface area contributed by atoms with E-state index in [1.54, 1.807) is 55.6 Å². The second kappa shape index (κ2) is 6.28. The fourth-order valence-corrected chi connectivity index (χ4v) is 2.08. The Balaban J connectivity index is 2.34. The lowest BCUT2D eigenvalue weighted by Crippen LogP contribution is -2.27. The van der Waals surface area contributed by atoms with Crippen molar-refractivity contribution in [1.29, 1.82) is 0 Å². The number of halogens is 1. The Morgan fingerprint density at radius 1 is 1.24 bits per heavy atom. The third kappa shape index (κ3) is 3.14. The number of amidine groups is 1. The number of oxime groups is 1. The van der Waals surface area contributed by atoms with Gasteiger partial charge in [0.15, 0.2) is 5.84 Å². The van der Waals surface area contributed by atoms with Crippen LogP contribution in [0, 0.1) is 0 Å². The highest BCUT2D eigenvalue weighted by atomic mass is 35.5. The lowest BCUT2D eigenvalue weighted by atomic mass is 10.1. The van der Waals surface area contributed by atoms with Gasteiger partial charge in [-0.1, -0.05) is 41.0 Å². The van der Waals surface area contributed by atoms with E-state index < -0.39 is 0 Å². The summed E-state index contributed by atoms with van der Waals surface area (Å²) in [6.07, 6.45) is 0. The fourth-order valence-electron chi connectivity index (χ4n) is 1.86. The predicted molar refractivity (Wildman–Crippen MR) is 83.1 cm³/mol. The topological polar surface area (TPSA) is 78.9 Å². The molecule has 6 heteroatoms. The SMILES string of the molecule is CN(C(=O)c1ccccc1Cl)c1cccc(C(N)=NO)c1. The largest absolute Gasteiger partial charge is 0.409 e. The number of nitrogens with zero attached hydrogens (tertiary/aromatic N) is 2. The normalized spacial score (nSPS) is 11.2. The Labute approximate surface area is 127 Å². The second-order valence-electron chi connectivity index (χ2n) is 4.38. The van der Waals surface area contributed by atoms with E-state index in [9.17, 15) is 4.79 Å². The monoisotopic (exact) mass is 303 g/mol. The molecular formula is C15H14ClN3O2. The van der Waals surface area contributed by atoms with Crippen LogP contribution in [-0.2, 0) is 0 Å². The van der Waals surface area contributed by atoms with Crippen molar-refractivity contribution in [3.05, 3.63) is 64.7 Å². The molecule has 0 heterocycles. The first kappa shape index (κ1) is 14.9. The summed E-state index contributed by atoms with van der Waals surface area (Å²) in [6, 6.07) is 13.7. The molecule has 3 N–H and O–H groups in total. The lowest BCUT2D eigenvalue weighted by Gasteiger charge is -2.18. The molecule has 5 nitrogen and oxygen atoms in total.